The largest absolute Gasteiger partial charge is 0.477 e. The monoisotopic (exact) mass is 590 g/mol. The molecule has 222 valence electrons. The van der Waals surface area contributed by atoms with E-state index in [1.165, 1.54) is 6.07 Å². The number of carbonyl (C=O) groups excluding carboxylic acids is 1. The maximum atomic E-state index is 14.1. The number of carbonyl (C=O) groups is 2. The Bertz CT molecular complexity index is 1290. The Balaban J connectivity index is 1.56. The van der Waals surface area contributed by atoms with Gasteiger partial charge in [0.05, 0.1) is 16.1 Å². The number of amides is 1. The highest BCUT2D eigenvalue weighted by atomic mass is 32.1. The maximum absolute atomic E-state index is 14.1. The molecule has 0 bridgehead atoms. The molecular weight excluding hydrogens is 553 g/mol. The molecule has 0 saturated heterocycles. The second-order valence-corrected chi connectivity index (χ2v) is 13.3. The van der Waals surface area contributed by atoms with Crippen molar-refractivity contribution < 1.29 is 32.6 Å². The fourth-order valence-electron chi connectivity index (χ4n) is 5.43. The number of anilines is 1. The van der Waals surface area contributed by atoms with Gasteiger partial charge in [-0.1, -0.05) is 18.8 Å². The molecule has 1 amide bonds. The number of halogens is 3. The molecule has 10 heteroatoms. The van der Waals surface area contributed by atoms with Crippen molar-refractivity contribution in [1.29, 1.82) is 0 Å². The zero-order valence-electron chi connectivity index (χ0n) is 23.9. The maximum Gasteiger partial charge on any atom is 0.417 e. The van der Waals surface area contributed by atoms with Crippen molar-refractivity contribution in [2.24, 2.45) is 17.3 Å². The molecule has 2 aliphatic rings. The highest BCUT2D eigenvalue weighted by molar-refractivity contribution is 7.15. The SMILES string of the molecule is CC1CCC(C(=O)N(c2cc(C#CC(C)(C)C)sc2C(=O)O)C2CCC(Oc3ccc(C(F)(F)F)cn3)CC2)CC1. The highest BCUT2D eigenvalue weighted by Gasteiger charge is 2.38. The van der Waals surface area contributed by atoms with Gasteiger partial charge in [-0.05, 0) is 90.2 Å². The summed E-state index contributed by atoms with van der Waals surface area (Å²) in [6, 6.07) is 3.69. The van der Waals surface area contributed by atoms with Crippen LogP contribution in [0.2, 0.25) is 0 Å². The van der Waals surface area contributed by atoms with E-state index < -0.39 is 17.7 Å². The second-order valence-electron chi connectivity index (χ2n) is 12.2. The van der Waals surface area contributed by atoms with Gasteiger partial charge in [-0.2, -0.15) is 13.2 Å². The van der Waals surface area contributed by atoms with E-state index in [0.29, 0.717) is 42.2 Å². The topological polar surface area (TPSA) is 79.7 Å². The molecule has 2 saturated carbocycles. The van der Waals surface area contributed by atoms with E-state index >= 15 is 0 Å². The number of alkyl halides is 3. The third kappa shape index (κ3) is 8.03. The van der Waals surface area contributed by atoms with E-state index in [-0.39, 0.29) is 40.1 Å². The second kappa shape index (κ2) is 12.4. The number of carboxylic acid groups (broad SMARTS) is 1. The van der Waals surface area contributed by atoms with Crippen LogP contribution < -0.4 is 9.64 Å². The summed E-state index contributed by atoms with van der Waals surface area (Å²) in [7, 11) is 0. The summed E-state index contributed by atoms with van der Waals surface area (Å²) in [6.07, 6.45) is 1.75. The third-order valence-corrected chi connectivity index (χ3v) is 8.72. The van der Waals surface area contributed by atoms with Gasteiger partial charge >= 0.3 is 12.1 Å². The predicted molar refractivity (Wildman–Crippen MR) is 152 cm³/mol. The first-order valence-electron chi connectivity index (χ1n) is 14.1. The van der Waals surface area contributed by atoms with Crippen LogP contribution in [0, 0.1) is 29.1 Å². The Kier molecular flexibility index (Phi) is 9.37. The van der Waals surface area contributed by atoms with Crippen LogP contribution >= 0.6 is 11.3 Å². The van der Waals surface area contributed by atoms with Crippen LogP contribution in [0.25, 0.3) is 0 Å². The first kappa shape index (κ1) is 30.9. The molecule has 0 aliphatic heterocycles. The van der Waals surface area contributed by atoms with Gasteiger partial charge in [0.25, 0.3) is 0 Å². The summed E-state index contributed by atoms with van der Waals surface area (Å²) >= 11 is 1.09. The summed E-state index contributed by atoms with van der Waals surface area (Å²) < 4.78 is 44.5. The molecule has 2 heterocycles. The molecule has 6 nitrogen and oxygen atoms in total. The van der Waals surface area contributed by atoms with Crippen LogP contribution in [0.4, 0.5) is 18.9 Å². The van der Waals surface area contributed by atoms with Crippen molar-refractivity contribution in [3.05, 3.63) is 39.7 Å². The minimum absolute atomic E-state index is 0.0405. The van der Waals surface area contributed by atoms with Crippen LogP contribution in [0.5, 0.6) is 5.88 Å². The van der Waals surface area contributed by atoms with Crippen LogP contribution in [-0.4, -0.2) is 34.1 Å². The quantitative estimate of drug-likeness (QED) is 0.347. The number of hydrogen-bond donors (Lipinski definition) is 1. The van der Waals surface area contributed by atoms with Crippen molar-refractivity contribution in [2.45, 2.75) is 97.4 Å². The molecule has 2 aliphatic carbocycles. The van der Waals surface area contributed by atoms with Gasteiger partial charge in [0.2, 0.25) is 11.8 Å². The zero-order chi connectivity index (χ0) is 29.9. The van der Waals surface area contributed by atoms with E-state index in [9.17, 15) is 27.9 Å². The van der Waals surface area contributed by atoms with Gasteiger partial charge in [0.1, 0.15) is 11.0 Å². The normalized spacial score (nSPS) is 23.3. The van der Waals surface area contributed by atoms with Gasteiger partial charge in [-0.25, -0.2) is 9.78 Å². The van der Waals surface area contributed by atoms with Gasteiger partial charge in [-0.3, -0.25) is 4.79 Å². The van der Waals surface area contributed by atoms with Crippen LogP contribution in [0.3, 0.4) is 0 Å². The average Bonchev–Trinajstić information content (AvgIpc) is 3.33. The summed E-state index contributed by atoms with van der Waals surface area (Å²) in [6.45, 7) is 8.13. The van der Waals surface area contributed by atoms with Gasteiger partial charge in [0, 0.05) is 29.6 Å². The van der Waals surface area contributed by atoms with Crippen LogP contribution in [0.15, 0.2) is 24.4 Å². The standard InChI is InChI=1S/C31H37F3N2O4S/c1-19-5-7-20(8-6-19)28(37)36(25-17-24(15-16-30(2,3)4)41-27(25)29(38)39)22-10-12-23(13-11-22)40-26-14-9-21(18-35-26)31(32,33)34/h9,14,17-20,22-23H,5-8,10-13H2,1-4H3,(H,38,39). The Labute approximate surface area is 243 Å². The summed E-state index contributed by atoms with van der Waals surface area (Å²) in [4.78, 5) is 32.6. The minimum Gasteiger partial charge on any atom is -0.477 e. The zero-order valence-corrected chi connectivity index (χ0v) is 24.7. The highest BCUT2D eigenvalue weighted by Crippen LogP contribution is 2.39. The fraction of sp³-hybridized carbons (Fsp3) is 0.581. The molecule has 0 unspecified atom stereocenters. The number of pyridine rings is 1. The number of thiophene rings is 1. The summed E-state index contributed by atoms with van der Waals surface area (Å²) in [5.41, 5.74) is -0.697. The number of carboxylic acids is 1. The fourth-order valence-corrected chi connectivity index (χ4v) is 6.27. The first-order chi connectivity index (χ1) is 19.2. The van der Waals surface area contributed by atoms with Crippen molar-refractivity contribution in [3.8, 4) is 17.7 Å². The number of rotatable bonds is 6. The van der Waals surface area contributed by atoms with Crippen molar-refractivity contribution in [1.82, 2.24) is 4.98 Å². The van der Waals surface area contributed by atoms with Gasteiger partial charge in [-0.15, -0.1) is 11.3 Å². The van der Waals surface area contributed by atoms with Crippen molar-refractivity contribution in [3.63, 3.8) is 0 Å². The molecular formula is C31H37F3N2O4S. The minimum atomic E-state index is -4.47. The lowest BCUT2D eigenvalue weighted by Crippen LogP contribution is -2.47. The number of hydrogen-bond acceptors (Lipinski definition) is 5. The third-order valence-electron chi connectivity index (χ3n) is 7.69. The summed E-state index contributed by atoms with van der Waals surface area (Å²) in [5, 5.41) is 10.1. The number of nitrogens with zero attached hydrogens (tertiary/aromatic N) is 2. The lowest BCUT2D eigenvalue weighted by molar-refractivity contribution is -0.137. The Morgan fingerprint density at radius 2 is 1.71 bits per heavy atom. The van der Waals surface area contributed by atoms with E-state index in [4.69, 9.17) is 4.74 Å². The van der Waals surface area contributed by atoms with E-state index in [1.54, 1.807) is 11.0 Å². The van der Waals surface area contributed by atoms with Gasteiger partial charge < -0.3 is 14.7 Å². The predicted octanol–water partition coefficient (Wildman–Crippen LogP) is 7.81. The molecule has 1 N–H and O–H groups in total. The molecule has 2 fully saturated rings. The van der Waals surface area contributed by atoms with Crippen LogP contribution in [-0.2, 0) is 11.0 Å². The Morgan fingerprint density at radius 3 is 2.24 bits per heavy atom. The molecule has 0 spiro atoms. The molecule has 0 radical (unpaired) electrons. The number of aromatic nitrogens is 1. The van der Waals surface area contributed by atoms with Crippen LogP contribution in [0.1, 0.15) is 99.2 Å². The Hall–Kier alpha value is -3.06. The lowest BCUT2D eigenvalue weighted by Gasteiger charge is -2.39. The van der Waals surface area contributed by atoms with E-state index in [1.807, 2.05) is 20.8 Å². The molecule has 0 aromatic carbocycles. The molecule has 2 aromatic rings. The number of aromatic carboxylic acids is 1. The lowest BCUT2D eigenvalue weighted by atomic mass is 9.81. The first-order valence-corrected chi connectivity index (χ1v) is 15.0. The molecule has 2 aromatic heterocycles. The van der Waals surface area contributed by atoms with Crippen molar-refractivity contribution in [2.75, 3.05) is 4.90 Å². The summed E-state index contributed by atoms with van der Waals surface area (Å²) in [5.74, 6) is 5.65. The number of ether oxygens (including phenoxy) is 1. The van der Waals surface area contributed by atoms with Crippen molar-refractivity contribution >= 4 is 28.9 Å². The molecule has 4 rings (SSSR count). The molecule has 0 atom stereocenters. The molecule has 41 heavy (non-hydrogen) atoms. The average molecular weight is 591 g/mol. The van der Waals surface area contributed by atoms with E-state index in [2.05, 4.69) is 23.7 Å². The smallest absolute Gasteiger partial charge is 0.417 e. The van der Waals surface area contributed by atoms with E-state index in [0.717, 1.165) is 49.3 Å². The van der Waals surface area contributed by atoms with Gasteiger partial charge in [0.15, 0.2) is 0 Å². The Morgan fingerprint density at radius 1 is 1.05 bits per heavy atom.